The molecular weight excluding hydrogens is 126 g/mol. The second-order valence-electron chi connectivity index (χ2n) is 2.51. The molecule has 0 unspecified atom stereocenters. The molecule has 2 nitrogen and oxygen atoms in total. The van der Waals surface area contributed by atoms with E-state index >= 15 is 0 Å². The molecule has 0 bridgehead atoms. The van der Waals surface area contributed by atoms with Crippen LogP contribution in [0.3, 0.4) is 0 Å². The van der Waals surface area contributed by atoms with Gasteiger partial charge in [-0.05, 0) is 34.0 Å². The number of hydrogen-bond donors (Lipinski definition) is 0. The molecule has 0 aromatic rings. The van der Waals surface area contributed by atoms with E-state index in [1.165, 1.54) is 0 Å². The van der Waals surface area contributed by atoms with Crippen molar-refractivity contribution in [2.45, 2.75) is 13.8 Å². The van der Waals surface area contributed by atoms with Crippen LogP contribution in [0.1, 0.15) is 13.8 Å². The molecule has 0 N–H and O–H groups in total. The highest BCUT2D eigenvalue weighted by Crippen LogP contribution is 1.93. The standard InChI is InChI=1S/C8H17NO/c1-5-10-8(2)6-7-9(3)4/h6H,5,7H2,1-4H3/b8-6+. The van der Waals surface area contributed by atoms with Gasteiger partial charge < -0.3 is 9.64 Å². The highest BCUT2D eigenvalue weighted by Gasteiger charge is 1.87. The monoisotopic (exact) mass is 143 g/mol. The highest BCUT2D eigenvalue weighted by molar-refractivity contribution is 4.89. The van der Waals surface area contributed by atoms with Gasteiger partial charge in [-0.1, -0.05) is 0 Å². The van der Waals surface area contributed by atoms with E-state index in [0.29, 0.717) is 0 Å². The topological polar surface area (TPSA) is 12.5 Å². The highest BCUT2D eigenvalue weighted by atomic mass is 16.5. The van der Waals surface area contributed by atoms with Crippen LogP contribution in [0.4, 0.5) is 0 Å². The maximum absolute atomic E-state index is 5.23. The number of likely N-dealkylation sites (N-methyl/N-ethyl adjacent to an activating group) is 1. The summed E-state index contributed by atoms with van der Waals surface area (Å²) in [6.45, 7) is 5.68. The van der Waals surface area contributed by atoms with Gasteiger partial charge in [0.1, 0.15) is 0 Å². The Kier molecular flexibility index (Phi) is 5.03. The Labute approximate surface area is 63.5 Å². The molecule has 0 saturated carbocycles. The van der Waals surface area contributed by atoms with Crippen molar-refractivity contribution in [3.05, 3.63) is 11.8 Å². The van der Waals surface area contributed by atoms with Crippen molar-refractivity contribution < 1.29 is 4.74 Å². The zero-order chi connectivity index (χ0) is 7.98. The van der Waals surface area contributed by atoms with E-state index in [0.717, 1.165) is 18.9 Å². The van der Waals surface area contributed by atoms with Gasteiger partial charge in [-0.15, -0.1) is 0 Å². The first-order valence-electron chi connectivity index (χ1n) is 3.61. The van der Waals surface area contributed by atoms with Crippen molar-refractivity contribution in [3.63, 3.8) is 0 Å². The van der Waals surface area contributed by atoms with E-state index in [1.54, 1.807) is 0 Å². The summed E-state index contributed by atoms with van der Waals surface area (Å²) < 4.78 is 5.23. The SMILES string of the molecule is CCO/C(C)=C/CN(C)C. The van der Waals surface area contributed by atoms with Crippen molar-refractivity contribution in [3.8, 4) is 0 Å². The van der Waals surface area contributed by atoms with E-state index < -0.39 is 0 Å². The fourth-order valence-corrected chi connectivity index (χ4v) is 0.598. The fraction of sp³-hybridized carbons (Fsp3) is 0.750. The van der Waals surface area contributed by atoms with Crippen molar-refractivity contribution >= 4 is 0 Å². The molecule has 0 saturated heterocycles. The first-order chi connectivity index (χ1) is 4.66. The Morgan fingerprint density at radius 3 is 2.50 bits per heavy atom. The summed E-state index contributed by atoms with van der Waals surface area (Å²) in [6, 6.07) is 0. The summed E-state index contributed by atoms with van der Waals surface area (Å²) >= 11 is 0. The van der Waals surface area contributed by atoms with E-state index in [9.17, 15) is 0 Å². The number of rotatable bonds is 4. The second kappa shape index (κ2) is 5.30. The van der Waals surface area contributed by atoms with Gasteiger partial charge in [0.15, 0.2) is 0 Å². The molecule has 0 aromatic heterocycles. The third-order valence-corrected chi connectivity index (χ3v) is 1.12. The molecule has 0 radical (unpaired) electrons. The van der Waals surface area contributed by atoms with Crippen LogP contribution in [0.2, 0.25) is 0 Å². The summed E-state index contributed by atoms with van der Waals surface area (Å²) in [5, 5.41) is 0. The summed E-state index contributed by atoms with van der Waals surface area (Å²) in [5.41, 5.74) is 0. The molecule has 0 aliphatic rings. The molecule has 0 amide bonds. The minimum absolute atomic E-state index is 0.760. The van der Waals surface area contributed by atoms with Crippen LogP contribution in [-0.4, -0.2) is 32.1 Å². The smallest absolute Gasteiger partial charge is 0.0901 e. The molecule has 2 heteroatoms. The van der Waals surface area contributed by atoms with Gasteiger partial charge in [0.05, 0.1) is 12.4 Å². The third kappa shape index (κ3) is 5.63. The molecule has 0 atom stereocenters. The lowest BCUT2D eigenvalue weighted by Gasteiger charge is -2.06. The zero-order valence-corrected chi connectivity index (χ0v) is 7.35. The summed E-state index contributed by atoms with van der Waals surface area (Å²) in [5.74, 6) is 1.01. The molecule has 0 heterocycles. The lowest BCUT2D eigenvalue weighted by molar-refractivity contribution is 0.228. The van der Waals surface area contributed by atoms with Gasteiger partial charge in [-0.2, -0.15) is 0 Å². The lowest BCUT2D eigenvalue weighted by atomic mass is 10.4. The Bertz CT molecular complexity index is 108. The predicted molar refractivity (Wildman–Crippen MR) is 43.9 cm³/mol. The summed E-state index contributed by atoms with van der Waals surface area (Å²) in [7, 11) is 4.07. The van der Waals surface area contributed by atoms with Crippen LogP contribution in [-0.2, 0) is 4.74 Å². The van der Waals surface area contributed by atoms with Gasteiger partial charge >= 0.3 is 0 Å². The maximum Gasteiger partial charge on any atom is 0.0901 e. The molecule has 10 heavy (non-hydrogen) atoms. The van der Waals surface area contributed by atoms with Gasteiger partial charge in [0, 0.05) is 6.54 Å². The normalized spacial score (nSPS) is 12.3. The number of ether oxygens (including phenoxy) is 1. The third-order valence-electron chi connectivity index (χ3n) is 1.12. The Hall–Kier alpha value is -0.500. The van der Waals surface area contributed by atoms with Crippen LogP contribution in [0.15, 0.2) is 11.8 Å². The Balaban J connectivity index is 3.47. The number of hydrogen-bond acceptors (Lipinski definition) is 2. The first-order valence-corrected chi connectivity index (χ1v) is 3.61. The van der Waals surface area contributed by atoms with Crippen molar-refractivity contribution in [2.24, 2.45) is 0 Å². The second-order valence-corrected chi connectivity index (χ2v) is 2.51. The van der Waals surface area contributed by atoms with E-state index in [-0.39, 0.29) is 0 Å². The van der Waals surface area contributed by atoms with Crippen LogP contribution >= 0.6 is 0 Å². The molecule has 0 aliphatic heterocycles. The van der Waals surface area contributed by atoms with Crippen LogP contribution in [0.5, 0.6) is 0 Å². The van der Waals surface area contributed by atoms with Gasteiger partial charge in [0.2, 0.25) is 0 Å². The minimum atomic E-state index is 0.760. The molecule has 60 valence electrons. The molecule has 0 spiro atoms. The number of allylic oxidation sites excluding steroid dienone is 1. The minimum Gasteiger partial charge on any atom is -0.499 e. The zero-order valence-electron chi connectivity index (χ0n) is 7.35. The van der Waals surface area contributed by atoms with E-state index in [4.69, 9.17) is 4.74 Å². The van der Waals surface area contributed by atoms with Crippen LogP contribution < -0.4 is 0 Å². The van der Waals surface area contributed by atoms with E-state index in [2.05, 4.69) is 11.0 Å². The average Bonchev–Trinajstić information content (AvgIpc) is 1.85. The first kappa shape index (κ1) is 9.50. The molecule has 0 rings (SSSR count). The van der Waals surface area contributed by atoms with Crippen molar-refractivity contribution in [2.75, 3.05) is 27.2 Å². The summed E-state index contributed by atoms with van der Waals surface area (Å²) in [4.78, 5) is 2.10. The van der Waals surface area contributed by atoms with Crippen LogP contribution in [0, 0.1) is 0 Å². The molecule has 0 aromatic carbocycles. The average molecular weight is 143 g/mol. The Morgan fingerprint density at radius 1 is 1.50 bits per heavy atom. The lowest BCUT2D eigenvalue weighted by Crippen LogP contribution is -2.11. The largest absolute Gasteiger partial charge is 0.499 e. The summed E-state index contributed by atoms with van der Waals surface area (Å²) in [6.07, 6.45) is 2.07. The molecule has 0 fully saturated rings. The van der Waals surface area contributed by atoms with Crippen LogP contribution in [0.25, 0.3) is 0 Å². The molecule has 0 aliphatic carbocycles. The number of nitrogens with zero attached hydrogens (tertiary/aromatic N) is 1. The van der Waals surface area contributed by atoms with Crippen molar-refractivity contribution in [1.82, 2.24) is 4.90 Å². The molecular formula is C8H17NO. The van der Waals surface area contributed by atoms with Crippen molar-refractivity contribution in [1.29, 1.82) is 0 Å². The maximum atomic E-state index is 5.23. The van der Waals surface area contributed by atoms with E-state index in [1.807, 2.05) is 27.9 Å². The fourth-order valence-electron chi connectivity index (χ4n) is 0.598. The van der Waals surface area contributed by atoms with Gasteiger partial charge in [-0.25, -0.2) is 0 Å². The van der Waals surface area contributed by atoms with Gasteiger partial charge in [-0.3, -0.25) is 0 Å². The quantitative estimate of drug-likeness (QED) is 0.553. The van der Waals surface area contributed by atoms with Gasteiger partial charge in [0.25, 0.3) is 0 Å². The predicted octanol–water partition coefficient (Wildman–Crippen LogP) is 1.49. The Morgan fingerprint density at radius 2 is 2.10 bits per heavy atom.